The van der Waals surface area contributed by atoms with Crippen LogP contribution >= 0.6 is 0 Å². The molecular weight excluding hydrogens is 196 g/mol. The molecule has 1 rings (SSSR count). The molecule has 1 aromatic rings. The minimum Gasteiger partial charge on any atom is -0.480 e. The van der Waals surface area contributed by atoms with E-state index in [0.29, 0.717) is 12.3 Å². The zero-order chi connectivity index (χ0) is 11.3. The van der Waals surface area contributed by atoms with Gasteiger partial charge in [0.05, 0.1) is 19.8 Å². The van der Waals surface area contributed by atoms with Gasteiger partial charge >= 0.3 is 0 Å². The first-order valence-electron chi connectivity index (χ1n) is 4.97. The van der Waals surface area contributed by atoms with E-state index in [1.54, 1.807) is 0 Å². The summed E-state index contributed by atoms with van der Waals surface area (Å²) in [6.45, 7) is 2.19. The molecule has 1 atom stereocenters. The number of aliphatic hydroxyl groups is 1. The fourth-order valence-electron chi connectivity index (χ4n) is 1.29. The van der Waals surface area contributed by atoms with Crippen molar-refractivity contribution in [3.05, 3.63) is 22.5 Å². The molecule has 1 N–H and O–H groups in total. The van der Waals surface area contributed by atoms with Crippen LogP contribution in [0.15, 0.2) is 16.9 Å². The predicted octanol–water partition coefficient (Wildman–Crippen LogP) is 0.413. The number of ether oxygens (including phenoxy) is 1. The van der Waals surface area contributed by atoms with Crippen LogP contribution in [0.4, 0.5) is 0 Å². The molecule has 0 aliphatic rings. The van der Waals surface area contributed by atoms with Crippen LogP contribution in [0.1, 0.15) is 19.8 Å². The molecule has 0 saturated carbocycles. The van der Waals surface area contributed by atoms with E-state index in [1.165, 1.54) is 23.9 Å². The average Bonchev–Trinajstić information content (AvgIpc) is 2.21. The van der Waals surface area contributed by atoms with Gasteiger partial charge in [0.2, 0.25) is 5.88 Å². The Bertz CT molecular complexity index is 362. The van der Waals surface area contributed by atoms with Gasteiger partial charge in [-0.2, -0.15) is 0 Å². The van der Waals surface area contributed by atoms with E-state index in [0.717, 1.165) is 6.42 Å². The molecule has 0 amide bonds. The van der Waals surface area contributed by atoms with Crippen LogP contribution < -0.4 is 10.3 Å². The fourth-order valence-corrected chi connectivity index (χ4v) is 1.29. The third-order valence-electron chi connectivity index (χ3n) is 2.06. The SMILES string of the molecule is CCCC(O)Cn1nc(OC)ccc1=O. The van der Waals surface area contributed by atoms with Crippen molar-refractivity contribution in [3.63, 3.8) is 0 Å². The van der Waals surface area contributed by atoms with Crippen LogP contribution in [0.5, 0.6) is 5.88 Å². The summed E-state index contributed by atoms with van der Waals surface area (Å²) in [7, 11) is 1.49. The summed E-state index contributed by atoms with van der Waals surface area (Å²) in [5.41, 5.74) is -0.231. The van der Waals surface area contributed by atoms with Gasteiger partial charge in [0.15, 0.2) is 0 Å². The van der Waals surface area contributed by atoms with Crippen molar-refractivity contribution in [1.82, 2.24) is 9.78 Å². The lowest BCUT2D eigenvalue weighted by molar-refractivity contribution is 0.136. The summed E-state index contributed by atoms with van der Waals surface area (Å²) in [6.07, 6.45) is 0.998. The first kappa shape index (κ1) is 11.7. The lowest BCUT2D eigenvalue weighted by atomic mass is 10.2. The van der Waals surface area contributed by atoms with E-state index in [-0.39, 0.29) is 12.1 Å². The maximum atomic E-state index is 11.4. The van der Waals surface area contributed by atoms with Gasteiger partial charge in [-0.05, 0) is 6.42 Å². The monoisotopic (exact) mass is 212 g/mol. The number of methoxy groups -OCH3 is 1. The molecule has 5 heteroatoms. The van der Waals surface area contributed by atoms with Crippen LogP contribution in [0.3, 0.4) is 0 Å². The maximum Gasteiger partial charge on any atom is 0.267 e. The van der Waals surface area contributed by atoms with Gasteiger partial charge in [-0.25, -0.2) is 4.68 Å². The van der Waals surface area contributed by atoms with Crippen LogP contribution in [0.2, 0.25) is 0 Å². The number of nitrogens with zero attached hydrogens (tertiary/aromatic N) is 2. The smallest absolute Gasteiger partial charge is 0.267 e. The fraction of sp³-hybridized carbons (Fsp3) is 0.600. The van der Waals surface area contributed by atoms with E-state index in [2.05, 4.69) is 5.10 Å². The van der Waals surface area contributed by atoms with Gasteiger partial charge < -0.3 is 9.84 Å². The van der Waals surface area contributed by atoms with Gasteiger partial charge in [0.25, 0.3) is 5.56 Å². The molecule has 0 saturated heterocycles. The van der Waals surface area contributed by atoms with E-state index in [4.69, 9.17) is 4.74 Å². The second-order valence-electron chi connectivity index (χ2n) is 3.34. The highest BCUT2D eigenvalue weighted by atomic mass is 16.5. The Hall–Kier alpha value is -1.36. The molecule has 1 heterocycles. The number of aromatic nitrogens is 2. The topological polar surface area (TPSA) is 64.3 Å². The molecule has 84 valence electrons. The Kier molecular flexibility index (Phi) is 4.30. The molecule has 0 aromatic carbocycles. The Balaban J connectivity index is 2.79. The normalized spacial score (nSPS) is 12.5. The van der Waals surface area contributed by atoms with Crippen molar-refractivity contribution >= 4 is 0 Å². The first-order chi connectivity index (χ1) is 7.17. The highest BCUT2D eigenvalue weighted by molar-refractivity contribution is 5.05. The molecule has 0 spiro atoms. The highest BCUT2D eigenvalue weighted by Crippen LogP contribution is 2.02. The maximum absolute atomic E-state index is 11.4. The van der Waals surface area contributed by atoms with Crippen LogP contribution in [-0.4, -0.2) is 28.1 Å². The summed E-state index contributed by atoms with van der Waals surface area (Å²) >= 11 is 0. The van der Waals surface area contributed by atoms with Gasteiger partial charge in [0, 0.05) is 12.1 Å². The Morgan fingerprint density at radius 3 is 2.93 bits per heavy atom. The summed E-state index contributed by atoms with van der Waals surface area (Å²) < 4.78 is 6.12. The van der Waals surface area contributed by atoms with Gasteiger partial charge in [0.1, 0.15) is 0 Å². The third-order valence-corrected chi connectivity index (χ3v) is 2.06. The lowest BCUT2D eigenvalue weighted by Gasteiger charge is -2.10. The average molecular weight is 212 g/mol. The number of aliphatic hydroxyl groups excluding tert-OH is 1. The van der Waals surface area contributed by atoms with Crippen LogP contribution in [0.25, 0.3) is 0 Å². The molecule has 15 heavy (non-hydrogen) atoms. The number of hydrogen-bond acceptors (Lipinski definition) is 4. The molecule has 0 radical (unpaired) electrons. The summed E-state index contributed by atoms with van der Waals surface area (Å²) in [4.78, 5) is 11.4. The van der Waals surface area contributed by atoms with Crippen molar-refractivity contribution in [2.24, 2.45) is 0 Å². The molecule has 0 fully saturated rings. The van der Waals surface area contributed by atoms with Crippen LogP contribution in [-0.2, 0) is 6.54 Å². The standard InChI is InChI=1S/C10H16N2O3/c1-3-4-8(13)7-12-10(14)6-5-9(11-12)15-2/h5-6,8,13H,3-4,7H2,1-2H3. The van der Waals surface area contributed by atoms with E-state index < -0.39 is 6.10 Å². The Labute approximate surface area is 88.3 Å². The molecule has 0 aliphatic heterocycles. The second-order valence-corrected chi connectivity index (χ2v) is 3.34. The zero-order valence-electron chi connectivity index (χ0n) is 9.01. The molecule has 0 bridgehead atoms. The summed E-state index contributed by atoms with van der Waals surface area (Å²) in [5.74, 6) is 0.373. The molecule has 5 nitrogen and oxygen atoms in total. The zero-order valence-corrected chi connectivity index (χ0v) is 9.01. The van der Waals surface area contributed by atoms with Crippen molar-refractivity contribution in [2.75, 3.05) is 7.11 Å². The Morgan fingerprint density at radius 2 is 2.33 bits per heavy atom. The summed E-state index contributed by atoms with van der Waals surface area (Å²) in [6, 6.07) is 2.88. The van der Waals surface area contributed by atoms with Crippen molar-refractivity contribution in [2.45, 2.75) is 32.4 Å². The molecule has 1 unspecified atom stereocenters. The van der Waals surface area contributed by atoms with Crippen molar-refractivity contribution < 1.29 is 9.84 Å². The van der Waals surface area contributed by atoms with E-state index in [1.807, 2.05) is 6.92 Å². The number of hydrogen-bond donors (Lipinski definition) is 1. The van der Waals surface area contributed by atoms with Crippen molar-refractivity contribution in [1.29, 1.82) is 0 Å². The van der Waals surface area contributed by atoms with Crippen molar-refractivity contribution in [3.8, 4) is 5.88 Å². The molecule has 1 aromatic heterocycles. The van der Waals surface area contributed by atoms with Gasteiger partial charge in [-0.3, -0.25) is 4.79 Å². The minimum atomic E-state index is -0.535. The minimum absolute atomic E-state index is 0.212. The van der Waals surface area contributed by atoms with Gasteiger partial charge in [-0.1, -0.05) is 13.3 Å². The first-order valence-corrected chi connectivity index (χ1v) is 4.97. The highest BCUT2D eigenvalue weighted by Gasteiger charge is 2.07. The third kappa shape index (κ3) is 3.36. The van der Waals surface area contributed by atoms with E-state index in [9.17, 15) is 9.90 Å². The summed E-state index contributed by atoms with van der Waals surface area (Å²) in [5, 5.41) is 13.5. The van der Waals surface area contributed by atoms with E-state index >= 15 is 0 Å². The Morgan fingerprint density at radius 1 is 1.60 bits per heavy atom. The lowest BCUT2D eigenvalue weighted by Crippen LogP contribution is -2.28. The van der Waals surface area contributed by atoms with Gasteiger partial charge in [-0.15, -0.1) is 5.10 Å². The predicted molar refractivity (Wildman–Crippen MR) is 56.0 cm³/mol. The quantitative estimate of drug-likeness (QED) is 0.768. The molecular formula is C10H16N2O3. The second kappa shape index (κ2) is 5.50. The largest absolute Gasteiger partial charge is 0.480 e. The number of rotatable bonds is 5. The molecule has 0 aliphatic carbocycles. The van der Waals surface area contributed by atoms with Crippen LogP contribution in [0, 0.1) is 0 Å².